The van der Waals surface area contributed by atoms with E-state index in [2.05, 4.69) is 23.8 Å². The van der Waals surface area contributed by atoms with E-state index in [9.17, 15) is 9.90 Å². The molecule has 168 valence electrons. The Labute approximate surface area is 189 Å². The number of benzene rings is 2. The average Bonchev–Trinajstić information content (AvgIpc) is 3.35. The van der Waals surface area contributed by atoms with Gasteiger partial charge in [0.1, 0.15) is 11.5 Å². The molecule has 1 fully saturated rings. The Balaban J connectivity index is 0.00000259. The molecule has 1 N–H and O–H groups in total. The Morgan fingerprint density at radius 3 is 2.72 bits per heavy atom. The summed E-state index contributed by atoms with van der Waals surface area (Å²) in [6.45, 7) is 3.27. The lowest BCUT2D eigenvalue weighted by molar-refractivity contribution is -0.00943. The van der Waals surface area contributed by atoms with Gasteiger partial charge in [0.15, 0.2) is 5.60 Å². The van der Waals surface area contributed by atoms with Crippen LogP contribution in [0.3, 0.4) is 0 Å². The van der Waals surface area contributed by atoms with Crippen molar-refractivity contribution in [3.63, 3.8) is 0 Å². The van der Waals surface area contributed by atoms with Gasteiger partial charge in [0, 0.05) is 39.1 Å². The molecular weight excluding hydrogens is 404 g/mol. The number of hydrogen-bond acceptors (Lipinski definition) is 4. The standard InChI is InChI=1S/C26H28N2O4.H2/c1-3-19-7-8-20(16-22(19)31-2)25(30)27-13-10-26(11-14-27)24-5-4-12-28(24)21-9-6-18(17-29)15-23(21)32-26;/h4-9,12,15-16,29H,3,10-11,13-14,17H2,1-2H3;1H. The van der Waals surface area contributed by atoms with Crippen LogP contribution in [0.2, 0.25) is 0 Å². The van der Waals surface area contributed by atoms with Gasteiger partial charge in [-0.3, -0.25) is 4.79 Å². The van der Waals surface area contributed by atoms with Crippen LogP contribution in [0.15, 0.2) is 54.7 Å². The largest absolute Gasteiger partial charge is 0.496 e. The predicted octanol–water partition coefficient (Wildman–Crippen LogP) is 4.31. The maximum Gasteiger partial charge on any atom is 0.253 e. The first-order valence-corrected chi connectivity index (χ1v) is 11.2. The van der Waals surface area contributed by atoms with E-state index in [-0.39, 0.29) is 13.9 Å². The fourth-order valence-electron chi connectivity index (χ4n) is 4.94. The molecule has 6 heteroatoms. The molecule has 0 aliphatic carbocycles. The Morgan fingerprint density at radius 1 is 1.19 bits per heavy atom. The highest BCUT2D eigenvalue weighted by molar-refractivity contribution is 5.94. The van der Waals surface area contributed by atoms with Crippen LogP contribution < -0.4 is 9.47 Å². The summed E-state index contributed by atoms with van der Waals surface area (Å²) in [5.41, 5.74) is 4.19. The van der Waals surface area contributed by atoms with E-state index in [1.54, 1.807) is 7.11 Å². The number of rotatable bonds is 4. The van der Waals surface area contributed by atoms with E-state index < -0.39 is 5.60 Å². The van der Waals surface area contributed by atoms with E-state index >= 15 is 0 Å². The van der Waals surface area contributed by atoms with Crippen molar-refractivity contribution in [1.82, 2.24) is 9.47 Å². The predicted molar refractivity (Wildman–Crippen MR) is 124 cm³/mol. The number of carbonyl (C=O) groups is 1. The van der Waals surface area contributed by atoms with Gasteiger partial charge in [-0.25, -0.2) is 0 Å². The quantitative estimate of drug-likeness (QED) is 0.665. The molecule has 0 atom stereocenters. The van der Waals surface area contributed by atoms with Crippen LogP contribution in [0.25, 0.3) is 5.69 Å². The van der Waals surface area contributed by atoms with Crippen LogP contribution >= 0.6 is 0 Å². The number of ether oxygens (including phenoxy) is 2. The number of methoxy groups -OCH3 is 1. The minimum Gasteiger partial charge on any atom is -0.496 e. The van der Waals surface area contributed by atoms with Gasteiger partial charge in [-0.05, 0) is 53.9 Å². The summed E-state index contributed by atoms with van der Waals surface area (Å²) >= 11 is 0. The molecule has 1 aromatic heterocycles. The summed E-state index contributed by atoms with van der Waals surface area (Å²) in [4.78, 5) is 15.1. The minimum atomic E-state index is -0.481. The highest BCUT2D eigenvalue weighted by Gasteiger charge is 2.44. The number of hydrogen-bond donors (Lipinski definition) is 1. The molecule has 0 saturated carbocycles. The highest BCUT2D eigenvalue weighted by Crippen LogP contribution is 2.45. The maximum absolute atomic E-state index is 13.2. The Bertz CT molecular complexity index is 1160. The van der Waals surface area contributed by atoms with E-state index in [0.29, 0.717) is 31.5 Å². The van der Waals surface area contributed by atoms with Gasteiger partial charge in [0.25, 0.3) is 5.91 Å². The van der Waals surface area contributed by atoms with Crippen molar-refractivity contribution < 1.29 is 20.8 Å². The zero-order valence-corrected chi connectivity index (χ0v) is 18.5. The van der Waals surface area contributed by atoms with Gasteiger partial charge in [-0.2, -0.15) is 0 Å². The van der Waals surface area contributed by atoms with Crippen molar-refractivity contribution in [2.45, 2.75) is 38.4 Å². The monoisotopic (exact) mass is 434 g/mol. The second kappa shape index (κ2) is 8.02. The lowest BCUT2D eigenvalue weighted by Crippen LogP contribution is -2.50. The second-order valence-electron chi connectivity index (χ2n) is 8.49. The van der Waals surface area contributed by atoms with Crippen LogP contribution in [-0.4, -0.2) is 40.7 Å². The van der Waals surface area contributed by atoms with Gasteiger partial charge >= 0.3 is 0 Å². The third-order valence-corrected chi connectivity index (χ3v) is 6.76. The zero-order chi connectivity index (χ0) is 22.3. The van der Waals surface area contributed by atoms with Crippen LogP contribution in [0, 0.1) is 0 Å². The number of likely N-dealkylation sites (tertiary alicyclic amines) is 1. The molecule has 0 unspecified atom stereocenters. The molecule has 2 aromatic carbocycles. The third-order valence-electron chi connectivity index (χ3n) is 6.76. The Morgan fingerprint density at radius 2 is 2.00 bits per heavy atom. The first kappa shape index (κ1) is 20.6. The Kier molecular flexibility index (Phi) is 5.18. The normalized spacial score (nSPS) is 16.3. The molecule has 1 amide bonds. The molecule has 3 heterocycles. The number of piperidine rings is 1. The zero-order valence-electron chi connectivity index (χ0n) is 18.5. The topological polar surface area (TPSA) is 63.9 Å². The van der Waals surface area contributed by atoms with E-state index in [1.165, 1.54) is 0 Å². The van der Waals surface area contributed by atoms with Crippen LogP contribution in [0.5, 0.6) is 11.5 Å². The average molecular weight is 435 g/mol. The van der Waals surface area contributed by atoms with Crippen LogP contribution in [-0.2, 0) is 18.6 Å². The third kappa shape index (κ3) is 3.26. The lowest BCUT2D eigenvalue weighted by atomic mass is 9.86. The minimum absolute atomic E-state index is 0. The number of aliphatic hydroxyl groups excluding tert-OH is 1. The van der Waals surface area contributed by atoms with Gasteiger partial charge in [0.05, 0.1) is 25.1 Å². The summed E-state index contributed by atoms with van der Waals surface area (Å²) in [5, 5.41) is 9.56. The number of aliphatic hydroxyl groups is 1. The smallest absolute Gasteiger partial charge is 0.253 e. The number of nitrogens with zero attached hydrogens (tertiary/aromatic N) is 2. The maximum atomic E-state index is 13.2. The number of aromatic nitrogens is 1. The van der Waals surface area contributed by atoms with E-state index in [0.717, 1.165) is 40.4 Å². The molecule has 0 bridgehead atoms. The summed E-state index contributed by atoms with van der Waals surface area (Å²) in [6.07, 6.45) is 4.32. The molecule has 2 aliphatic rings. The fraction of sp³-hybridized carbons (Fsp3) is 0.346. The van der Waals surface area contributed by atoms with Crippen LogP contribution in [0.4, 0.5) is 0 Å². The Hall–Kier alpha value is -3.25. The van der Waals surface area contributed by atoms with Crippen LogP contribution in [0.1, 0.15) is 48.4 Å². The molecule has 1 spiro atoms. The molecule has 32 heavy (non-hydrogen) atoms. The lowest BCUT2D eigenvalue weighted by Gasteiger charge is -2.45. The summed E-state index contributed by atoms with van der Waals surface area (Å²) in [7, 11) is 1.64. The van der Waals surface area contributed by atoms with Gasteiger partial charge in [0.2, 0.25) is 0 Å². The number of amides is 1. The van der Waals surface area contributed by atoms with Crippen molar-refractivity contribution in [1.29, 1.82) is 0 Å². The van der Waals surface area contributed by atoms with Gasteiger partial charge < -0.3 is 24.0 Å². The summed E-state index contributed by atoms with van der Waals surface area (Å²) in [5.74, 6) is 1.56. The summed E-state index contributed by atoms with van der Waals surface area (Å²) in [6, 6.07) is 15.7. The molecule has 3 aromatic rings. The molecule has 6 nitrogen and oxygen atoms in total. The van der Waals surface area contributed by atoms with Crippen molar-refractivity contribution >= 4 is 5.91 Å². The number of fused-ring (bicyclic) bond motifs is 4. The van der Waals surface area contributed by atoms with Gasteiger partial charge in [-0.15, -0.1) is 0 Å². The number of carbonyl (C=O) groups excluding carboxylic acids is 1. The fourth-order valence-corrected chi connectivity index (χ4v) is 4.94. The second-order valence-corrected chi connectivity index (χ2v) is 8.49. The molecule has 2 aliphatic heterocycles. The van der Waals surface area contributed by atoms with E-state index in [4.69, 9.17) is 9.47 Å². The molecular formula is C26H30N2O4. The van der Waals surface area contributed by atoms with Gasteiger partial charge in [-0.1, -0.05) is 19.1 Å². The SMILES string of the molecule is CCc1ccc(C(=O)N2CCC3(CC2)Oc2cc(CO)ccc2-n2cccc23)cc1OC.[HH]. The number of aryl methyl sites for hydroxylation is 1. The first-order chi connectivity index (χ1) is 15.6. The molecule has 5 rings (SSSR count). The van der Waals surface area contributed by atoms with Crippen molar-refractivity contribution in [2.24, 2.45) is 0 Å². The van der Waals surface area contributed by atoms with Crippen molar-refractivity contribution in [2.75, 3.05) is 20.2 Å². The summed E-state index contributed by atoms with van der Waals surface area (Å²) < 4.78 is 14.2. The molecule has 1 saturated heterocycles. The highest BCUT2D eigenvalue weighted by atomic mass is 16.5. The van der Waals surface area contributed by atoms with Crippen molar-refractivity contribution in [3.8, 4) is 17.2 Å². The van der Waals surface area contributed by atoms with E-state index in [1.807, 2.05) is 47.4 Å². The first-order valence-electron chi connectivity index (χ1n) is 11.2. The van der Waals surface area contributed by atoms with Crippen molar-refractivity contribution in [3.05, 3.63) is 77.1 Å². The molecule has 0 radical (unpaired) electrons.